The fourth-order valence-corrected chi connectivity index (χ4v) is 5.20. The third-order valence-electron chi connectivity index (χ3n) is 5.13. The van der Waals surface area contributed by atoms with E-state index < -0.39 is 0 Å². The number of likely N-dealkylation sites (tertiary alicyclic amines) is 1. The van der Waals surface area contributed by atoms with Gasteiger partial charge in [-0.3, -0.25) is 0 Å². The Balaban J connectivity index is 1.56. The average Bonchev–Trinajstić information content (AvgIpc) is 3.01. The molecule has 2 aromatic carbocycles. The van der Waals surface area contributed by atoms with E-state index in [1.165, 1.54) is 47.0 Å². The number of rotatable bonds is 3. The van der Waals surface area contributed by atoms with Gasteiger partial charge in [0.25, 0.3) is 0 Å². The minimum absolute atomic E-state index is 0.646. The zero-order valence-electron chi connectivity index (χ0n) is 14.0. The van der Waals surface area contributed by atoms with Crippen LogP contribution in [0.25, 0.3) is 0 Å². The summed E-state index contributed by atoms with van der Waals surface area (Å²) in [6.07, 6.45) is 3.60. The first-order chi connectivity index (χ1) is 11.7. The van der Waals surface area contributed by atoms with E-state index in [0.717, 1.165) is 18.0 Å². The number of fused-ring (bicyclic) bond motifs is 1. The Morgan fingerprint density at radius 2 is 1.75 bits per heavy atom. The molecular weight excluding hydrogens is 336 g/mol. The van der Waals surface area contributed by atoms with Crippen molar-refractivity contribution in [3.8, 4) is 0 Å². The number of nitrogens with zero attached hydrogens (tertiary/aromatic N) is 2. The van der Waals surface area contributed by atoms with E-state index in [0.29, 0.717) is 6.04 Å². The molecule has 4 heteroatoms. The molecule has 24 heavy (non-hydrogen) atoms. The Hall–Kier alpha value is -1.16. The van der Waals surface area contributed by atoms with Crippen molar-refractivity contribution in [2.24, 2.45) is 0 Å². The van der Waals surface area contributed by atoms with Crippen LogP contribution in [0.5, 0.6) is 0 Å². The number of benzene rings is 2. The SMILES string of the molecule is CN1CCC(N2CCc3cc(Sc4ccccc4)cc(Cl)c32)CC1. The molecule has 0 amide bonds. The van der Waals surface area contributed by atoms with Crippen LogP contribution in [0.3, 0.4) is 0 Å². The van der Waals surface area contributed by atoms with E-state index in [-0.39, 0.29) is 0 Å². The second kappa shape index (κ2) is 6.99. The average molecular weight is 359 g/mol. The van der Waals surface area contributed by atoms with Crippen LogP contribution in [0.15, 0.2) is 52.3 Å². The summed E-state index contributed by atoms with van der Waals surface area (Å²) >= 11 is 8.51. The molecule has 2 aliphatic heterocycles. The van der Waals surface area contributed by atoms with Gasteiger partial charge in [0.2, 0.25) is 0 Å². The number of piperidine rings is 1. The number of anilines is 1. The number of hydrogen-bond donors (Lipinski definition) is 0. The number of hydrogen-bond acceptors (Lipinski definition) is 3. The maximum atomic E-state index is 6.72. The van der Waals surface area contributed by atoms with Crippen LogP contribution in [0.4, 0.5) is 5.69 Å². The van der Waals surface area contributed by atoms with E-state index in [1.54, 1.807) is 11.8 Å². The largest absolute Gasteiger partial charge is 0.367 e. The van der Waals surface area contributed by atoms with Gasteiger partial charge in [0.05, 0.1) is 10.7 Å². The molecular formula is C20H23ClN2S. The molecule has 0 N–H and O–H groups in total. The summed E-state index contributed by atoms with van der Waals surface area (Å²) in [6, 6.07) is 15.6. The highest BCUT2D eigenvalue weighted by Crippen LogP contribution is 2.42. The summed E-state index contributed by atoms with van der Waals surface area (Å²) in [7, 11) is 2.22. The van der Waals surface area contributed by atoms with Crippen molar-refractivity contribution in [3.63, 3.8) is 0 Å². The van der Waals surface area contributed by atoms with Gasteiger partial charge in [-0.25, -0.2) is 0 Å². The van der Waals surface area contributed by atoms with Crippen LogP contribution in [0, 0.1) is 0 Å². The lowest BCUT2D eigenvalue weighted by Gasteiger charge is -2.37. The maximum Gasteiger partial charge on any atom is 0.0653 e. The highest BCUT2D eigenvalue weighted by atomic mass is 35.5. The van der Waals surface area contributed by atoms with Gasteiger partial charge in [-0.1, -0.05) is 41.6 Å². The number of halogens is 1. The molecule has 0 aliphatic carbocycles. The highest BCUT2D eigenvalue weighted by Gasteiger charge is 2.30. The Bertz CT molecular complexity index is 711. The van der Waals surface area contributed by atoms with Crippen LogP contribution in [0.1, 0.15) is 18.4 Å². The van der Waals surface area contributed by atoms with Crippen molar-refractivity contribution < 1.29 is 0 Å². The first kappa shape index (κ1) is 16.3. The third-order valence-corrected chi connectivity index (χ3v) is 6.40. The van der Waals surface area contributed by atoms with Gasteiger partial charge in [-0.2, -0.15) is 0 Å². The van der Waals surface area contributed by atoms with Crippen molar-refractivity contribution in [1.29, 1.82) is 0 Å². The standard InChI is InChI=1S/C20H23ClN2S/c1-22-10-8-16(9-11-22)23-12-7-15-13-18(14-19(21)20(15)23)24-17-5-3-2-4-6-17/h2-6,13-14,16H,7-12H2,1H3. The van der Waals surface area contributed by atoms with Crippen LogP contribution >= 0.6 is 23.4 Å². The zero-order valence-corrected chi connectivity index (χ0v) is 15.6. The molecule has 2 aromatic rings. The van der Waals surface area contributed by atoms with E-state index in [9.17, 15) is 0 Å². The first-order valence-electron chi connectivity index (χ1n) is 8.71. The Morgan fingerprint density at radius 3 is 2.50 bits per heavy atom. The fraction of sp³-hybridized carbons (Fsp3) is 0.400. The molecule has 2 aliphatic rings. The molecule has 0 aromatic heterocycles. The third kappa shape index (κ3) is 3.30. The lowest BCUT2D eigenvalue weighted by Crippen LogP contribution is -2.43. The molecule has 0 atom stereocenters. The van der Waals surface area contributed by atoms with Crippen molar-refractivity contribution in [2.75, 3.05) is 31.6 Å². The van der Waals surface area contributed by atoms with Crippen LogP contribution in [-0.2, 0) is 6.42 Å². The Morgan fingerprint density at radius 1 is 1.00 bits per heavy atom. The summed E-state index contributed by atoms with van der Waals surface area (Å²) in [5.74, 6) is 0. The van der Waals surface area contributed by atoms with Crippen LogP contribution in [-0.4, -0.2) is 37.6 Å². The van der Waals surface area contributed by atoms with Gasteiger partial charge < -0.3 is 9.80 Å². The van der Waals surface area contributed by atoms with E-state index in [2.05, 4.69) is 59.3 Å². The van der Waals surface area contributed by atoms with Gasteiger partial charge in [0, 0.05) is 22.4 Å². The van der Waals surface area contributed by atoms with Gasteiger partial charge in [-0.05, 0) is 69.2 Å². The summed E-state index contributed by atoms with van der Waals surface area (Å²) in [5, 5.41) is 0.919. The molecule has 0 spiro atoms. The zero-order chi connectivity index (χ0) is 16.5. The van der Waals surface area contributed by atoms with E-state index >= 15 is 0 Å². The normalized spacial score (nSPS) is 18.8. The summed E-state index contributed by atoms with van der Waals surface area (Å²) in [5.41, 5.74) is 2.71. The highest BCUT2D eigenvalue weighted by molar-refractivity contribution is 7.99. The van der Waals surface area contributed by atoms with Gasteiger partial charge >= 0.3 is 0 Å². The Kier molecular flexibility index (Phi) is 4.75. The summed E-state index contributed by atoms with van der Waals surface area (Å²) < 4.78 is 0. The van der Waals surface area contributed by atoms with Gasteiger partial charge in [0.1, 0.15) is 0 Å². The lowest BCUT2D eigenvalue weighted by atomic mass is 10.0. The smallest absolute Gasteiger partial charge is 0.0653 e. The molecule has 4 rings (SSSR count). The van der Waals surface area contributed by atoms with Gasteiger partial charge in [0.15, 0.2) is 0 Å². The van der Waals surface area contributed by atoms with Crippen LogP contribution in [0.2, 0.25) is 5.02 Å². The molecule has 0 radical (unpaired) electrons. The van der Waals surface area contributed by atoms with Crippen LogP contribution < -0.4 is 4.90 Å². The molecule has 1 saturated heterocycles. The molecule has 0 bridgehead atoms. The first-order valence-corrected chi connectivity index (χ1v) is 9.90. The maximum absolute atomic E-state index is 6.72. The fourth-order valence-electron chi connectivity index (χ4n) is 3.85. The van der Waals surface area contributed by atoms with Crippen molar-refractivity contribution in [3.05, 3.63) is 53.1 Å². The minimum Gasteiger partial charge on any atom is -0.367 e. The van der Waals surface area contributed by atoms with E-state index in [1.807, 2.05) is 0 Å². The molecule has 0 saturated carbocycles. The molecule has 0 unspecified atom stereocenters. The minimum atomic E-state index is 0.646. The molecule has 2 heterocycles. The van der Waals surface area contributed by atoms with Gasteiger partial charge in [-0.15, -0.1) is 0 Å². The second-order valence-electron chi connectivity index (χ2n) is 6.81. The molecule has 1 fully saturated rings. The van der Waals surface area contributed by atoms with E-state index in [4.69, 9.17) is 11.6 Å². The Labute approximate surface area is 153 Å². The second-order valence-corrected chi connectivity index (χ2v) is 8.36. The monoisotopic (exact) mass is 358 g/mol. The topological polar surface area (TPSA) is 6.48 Å². The lowest BCUT2D eigenvalue weighted by molar-refractivity contribution is 0.251. The summed E-state index contributed by atoms with van der Waals surface area (Å²) in [6.45, 7) is 3.50. The molecule has 126 valence electrons. The predicted octanol–water partition coefficient (Wildman–Crippen LogP) is 4.95. The van der Waals surface area contributed by atoms with Crippen molar-refractivity contribution in [1.82, 2.24) is 4.90 Å². The van der Waals surface area contributed by atoms with Crippen molar-refractivity contribution >= 4 is 29.1 Å². The quantitative estimate of drug-likeness (QED) is 0.766. The van der Waals surface area contributed by atoms with Crippen molar-refractivity contribution in [2.45, 2.75) is 35.1 Å². The molecule has 2 nitrogen and oxygen atoms in total. The summed E-state index contributed by atoms with van der Waals surface area (Å²) in [4.78, 5) is 7.50. The predicted molar refractivity (Wildman–Crippen MR) is 104 cm³/mol.